The van der Waals surface area contributed by atoms with Crippen LogP contribution in [0.25, 0.3) is 0 Å². The number of aliphatic carboxylic acids is 1. The number of rotatable bonds is 3. The lowest BCUT2D eigenvalue weighted by molar-refractivity contribution is -0.136. The molecule has 0 fully saturated rings. The minimum atomic E-state index is -1.47. The van der Waals surface area contributed by atoms with Gasteiger partial charge in [-0.25, -0.2) is 17.6 Å². The van der Waals surface area contributed by atoms with Crippen molar-refractivity contribution in [3.63, 3.8) is 0 Å². The van der Waals surface area contributed by atoms with Crippen LogP contribution in [0.3, 0.4) is 0 Å². The number of aromatic amines is 1. The number of H-pyrrole nitrogens is 1. The molecule has 3 rings (SSSR count). The van der Waals surface area contributed by atoms with Gasteiger partial charge >= 0.3 is 5.97 Å². The molecular weight excluding hydrogens is 336 g/mol. The molecule has 122 valence electrons. The second-order valence-electron chi connectivity index (χ2n) is 5.32. The fraction of sp³-hybridized carbons (Fsp3) is 0.286. The molecule has 23 heavy (non-hydrogen) atoms. The highest BCUT2D eigenvalue weighted by Gasteiger charge is 2.33. The van der Waals surface area contributed by atoms with Crippen LogP contribution < -0.4 is 0 Å². The van der Waals surface area contributed by atoms with E-state index in [1.54, 1.807) is 0 Å². The molecule has 2 heterocycles. The number of imidazole rings is 1. The van der Waals surface area contributed by atoms with Gasteiger partial charge in [-0.1, -0.05) is 0 Å². The van der Waals surface area contributed by atoms with Crippen molar-refractivity contribution in [1.82, 2.24) is 9.55 Å². The van der Waals surface area contributed by atoms with E-state index < -0.39 is 40.7 Å². The average Bonchev–Trinajstić information content (AvgIpc) is 2.99. The Kier molecular flexibility index (Phi) is 3.75. The Labute approximate surface area is 132 Å². The second kappa shape index (κ2) is 5.48. The van der Waals surface area contributed by atoms with Crippen molar-refractivity contribution in [3.05, 3.63) is 51.1 Å². The summed E-state index contributed by atoms with van der Waals surface area (Å²) in [6.07, 6.45) is -0.298. The Bertz CT molecular complexity index is 848. The zero-order valence-electron chi connectivity index (χ0n) is 11.5. The van der Waals surface area contributed by atoms with E-state index in [0.717, 1.165) is 0 Å². The normalized spacial score (nSPS) is 16.6. The third-order valence-corrected chi connectivity index (χ3v) is 4.22. The first kappa shape index (κ1) is 15.7. The third kappa shape index (κ3) is 2.54. The van der Waals surface area contributed by atoms with Crippen LogP contribution in [0, 0.1) is 28.0 Å². The zero-order chi connectivity index (χ0) is 16.9. The summed E-state index contributed by atoms with van der Waals surface area (Å²) in [4.78, 5) is 13.6. The summed E-state index contributed by atoms with van der Waals surface area (Å²) in [6, 6.07) is 0.158. The van der Waals surface area contributed by atoms with E-state index in [-0.39, 0.29) is 30.2 Å². The largest absolute Gasteiger partial charge is 0.481 e. The standard InChI is InChI=1S/C14H10F4N2O2S/c15-6-2-7(16)13(18)11(12(6)17)5-1-9-8(3-10(21)22)19-14(23)20(9)4-5/h2,5H,1,3-4H2,(H,19,23)(H,21,22)/t5-/m1/s1. The quantitative estimate of drug-likeness (QED) is 0.510. The van der Waals surface area contributed by atoms with Gasteiger partial charge in [-0.05, 0) is 18.6 Å². The first-order valence-corrected chi connectivity index (χ1v) is 7.05. The molecule has 0 saturated carbocycles. The molecule has 0 saturated heterocycles. The summed E-state index contributed by atoms with van der Waals surface area (Å²) >= 11 is 5.05. The Morgan fingerprint density at radius 2 is 1.91 bits per heavy atom. The molecule has 4 nitrogen and oxygen atoms in total. The molecule has 1 aromatic heterocycles. The van der Waals surface area contributed by atoms with Crippen molar-refractivity contribution in [2.45, 2.75) is 25.3 Å². The zero-order valence-corrected chi connectivity index (χ0v) is 12.3. The summed E-state index contributed by atoms with van der Waals surface area (Å²) in [5.74, 6) is -7.76. The third-order valence-electron chi connectivity index (χ3n) is 3.90. The second-order valence-corrected chi connectivity index (χ2v) is 5.71. The Balaban J connectivity index is 2.04. The maximum Gasteiger partial charge on any atom is 0.309 e. The molecule has 1 aliphatic heterocycles. The summed E-state index contributed by atoms with van der Waals surface area (Å²) in [5.41, 5.74) is 0.121. The van der Waals surface area contributed by atoms with Crippen LogP contribution in [0.4, 0.5) is 17.6 Å². The summed E-state index contributed by atoms with van der Waals surface area (Å²) in [6.45, 7) is 0.0149. The van der Waals surface area contributed by atoms with E-state index in [2.05, 4.69) is 4.98 Å². The average molecular weight is 346 g/mol. The predicted octanol–water partition coefficient (Wildman–Crippen LogP) is 3.07. The summed E-state index contributed by atoms with van der Waals surface area (Å²) in [5, 5.41) is 8.87. The van der Waals surface area contributed by atoms with Crippen LogP contribution in [0.2, 0.25) is 0 Å². The molecule has 1 aliphatic rings. The van der Waals surface area contributed by atoms with Crippen molar-refractivity contribution in [2.75, 3.05) is 0 Å². The van der Waals surface area contributed by atoms with E-state index >= 15 is 0 Å². The van der Waals surface area contributed by atoms with Crippen molar-refractivity contribution < 1.29 is 27.5 Å². The fourth-order valence-corrected chi connectivity index (χ4v) is 3.25. The Hall–Kier alpha value is -2.16. The van der Waals surface area contributed by atoms with Crippen molar-refractivity contribution >= 4 is 18.2 Å². The number of hydrogen-bond donors (Lipinski definition) is 2. The topological polar surface area (TPSA) is 58.0 Å². The molecule has 0 unspecified atom stereocenters. The molecule has 0 spiro atoms. The Morgan fingerprint density at radius 3 is 2.48 bits per heavy atom. The number of carboxylic acid groups (broad SMARTS) is 1. The number of fused-ring (bicyclic) bond motifs is 1. The van der Waals surface area contributed by atoms with Gasteiger partial charge in [0.15, 0.2) is 28.0 Å². The molecule has 0 aliphatic carbocycles. The van der Waals surface area contributed by atoms with Gasteiger partial charge in [0.2, 0.25) is 0 Å². The number of nitrogens with one attached hydrogen (secondary N) is 1. The predicted molar refractivity (Wildman–Crippen MR) is 73.7 cm³/mol. The number of hydrogen-bond acceptors (Lipinski definition) is 2. The number of nitrogens with zero attached hydrogens (tertiary/aromatic N) is 1. The summed E-state index contributed by atoms with van der Waals surface area (Å²) < 4.78 is 56.3. The maximum atomic E-state index is 13.9. The monoisotopic (exact) mass is 346 g/mol. The van der Waals surface area contributed by atoms with Crippen LogP contribution in [0.5, 0.6) is 0 Å². The number of aromatic nitrogens is 2. The van der Waals surface area contributed by atoms with Gasteiger partial charge in [0.25, 0.3) is 0 Å². The number of carbonyl (C=O) groups is 1. The van der Waals surface area contributed by atoms with Gasteiger partial charge in [-0.3, -0.25) is 4.79 Å². The minimum Gasteiger partial charge on any atom is -0.481 e. The lowest BCUT2D eigenvalue weighted by Gasteiger charge is -2.13. The van der Waals surface area contributed by atoms with Gasteiger partial charge in [0, 0.05) is 35.5 Å². The maximum absolute atomic E-state index is 13.9. The highest BCUT2D eigenvalue weighted by molar-refractivity contribution is 7.71. The highest BCUT2D eigenvalue weighted by Crippen LogP contribution is 2.36. The van der Waals surface area contributed by atoms with Crippen LogP contribution >= 0.6 is 12.2 Å². The van der Waals surface area contributed by atoms with Crippen LogP contribution in [0.1, 0.15) is 22.9 Å². The lowest BCUT2D eigenvalue weighted by Crippen LogP contribution is -2.11. The van der Waals surface area contributed by atoms with E-state index in [0.29, 0.717) is 11.4 Å². The van der Waals surface area contributed by atoms with Gasteiger partial charge < -0.3 is 14.7 Å². The van der Waals surface area contributed by atoms with E-state index in [1.807, 2.05) is 0 Å². The number of benzene rings is 1. The molecule has 1 atom stereocenters. The molecule has 0 radical (unpaired) electrons. The first-order valence-electron chi connectivity index (χ1n) is 6.64. The van der Waals surface area contributed by atoms with Crippen molar-refractivity contribution in [2.24, 2.45) is 0 Å². The van der Waals surface area contributed by atoms with Gasteiger partial charge in [0.1, 0.15) is 0 Å². The molecule has 0 amide bonds. The van der Waals surface area contributed by atoms with Crippen LogP contribution in [0.15, 0.2) is 6.07 Å². The molecular formula is C14H10F4N2O2S. The minimum absolute atomic E-state index is 0.0149. The van der Waals surface area contributed by atoms with E-state index in [1.165, 1.54) is 4.57 Å². The molecule has 1 aromatic carbocycles. The summed E-state index contributed by atoms with van der Waals surface area (Å²) in [7, 11) is 0. The number of carboxylic acids is 1. The smallest absolute Gasteiger partial charge is 0.309 e. The van der Waals surface area contributed by atoms with Crippen LogP contribution in [-0.4, -0.2) is 20.6 Å². The fourth-order valence-electron chi connectivity index (χ4n) is 2.94. The van der Waals surface area contributed by atoms with E-state index in [9.17, 15) is 22.4 Å². The Morgan fingerprint density at radius 1 is 1.30 bits per heavy atom. The molecule has 9 heteroatoms. The number of halogens is 4. The van der Waals surface area contributed by atoms with Crippen molar-refractivity contribution in [1.29, 1.82) is 0 Å². The van der Waals surface area contributed by atoms with Gasteiger partial charge in [-0.2, -0.15) is 0 Å². The van der Waals surface area contributed by atoms with Crippen LogP contribution in [-0.2, 0) is 24.2 Å². The van der Waals surface area contributed by atoms with E-state index in [4.69, 9.17) is 17.3 Å². The SMILES string of the molecule is O=C(O)Cc1[nH]c(=S)n2c1C[C@@H](c1c(F)c(F)cc(F)c1F)C2. The van der Waals surface area contributed by atoms with Gasteiger partial charge in [-0.15, -0.1) is 0 Å². The molecule has 2 N–H and O–H groups in total. The van der Waals surface area contributed by atoms with Crippen molar-refractivity contribution in [3.8, 4) is 0 Å². The first-order chi connectivity index (χ1) is 10.8. The molecule has 2 aromatic rings. The lowest BCUT2D eigenvalue weighted by atomic mass is 9.94. The molecule has 0 bridgehead atoms. The highest BCUT2D eigenvalue weighted by atomic mass is 32.1. The van der Waals surface area contributed by atoms with Gasteiger partial charge in [0.05, 0.1) is 6.42 Å².